The monoisotopic (exact) mass is 411 g/mol. The minimum atomic E-state index is -0.774. The molecule has 30 heavy (non-hydrogen) atoms. The molecule has 2 aromatic carbocycles. The molecule has 0 bridgehead atoms. The maximum Gasteiger partial charge on any atom is 0.341 e. The van der Waals surface area contributed by atoms with Gasteiger partial charge in [0.1, 0.15) is 24.1 Å². The summed E-state index contributed by atoms with van der Waals surface area (Å²) in [4.78, 5) is 25.4. The molecule has 2 aromatic rings. The lowest BCUT2D eigenvalue weighted by Gasteiger charge is -2.16. The number of methoxy groups -OCH3 is 1. The molecule has 1 N–H and O–H groups in total. The Morgan fingerprint density at radius 2 is 1.90 bits per heavy atom. The number of ether oxygens (including phenoxy) is 3. The molecule has 2 heterocycles. The van der Waals surface area contributed by atoms with Gasteiger partial charge in [0.05, 0.1) is 26.2 Å². The first-order valence-electron chi connectivity index (χ1n) is 10.0. The number of carbonyl (C=O) groups excluding carboxylic acids is 2. The molecule has 1 aliphatic carbocycles. The molecule has 0 radical (unpaired) electrons. The summed E-state index contributed by atoms with van der Waals surface area (Å²) in [6.07, 6.45) is -0.774. The number of benzene rings is 2. The molecule has 0 aromatic heterocycles. The number of rotatable bonds is 5. The summed E-state index contributed by atoms with van der Waals surface area (Å²) in [6, 6.07) is 12.7. The molecule has 2 unspecified atom stereocenters. The molecule has 5 atom stereocenters. The van der Waals surface area contributed by atoms with Crippen LogP contribution in [0.25, 0.3) is 0 Å². The van der Waals surface area contributed by atoms with Crippen LogP contribution in [0.15, 0.2) is 42.5 Å². The van der Waals surface area contributed by atoms with Gasteiger partial charge in [0.15, 0.2) is 0 Å². The largest absolute Gasteiger partial charge is 0.485 e. The fraction of sp³-hybridized carbons (Fsp3) is 0.391. The van der Waals surface area contributed by atoms with Crippen LogP contribution in [-0.4, -0.2) is 51.0 Å². The number of alkyl halides is 1. The molecule has 5 rings (SSSR count). The summed E-state index contributed by atoms with van der Waals surface area (Å²) in [7, 11) is 1.27. The van der Waals surface area contributed by atoms with Crippen LogP contribution in [0.3, 0.4) is 0 Å². The van der Waals surface area contributed by atoms with E-state index >= 15 is 0 Å². The SMILES string of the molecule is COC(=O)c1cc(C(=O)N[C@@H]2[C@@H]3COC[C@@H]32)cc2c1OC(CF)C2c1ccccc1. The van der Waals surface area contributed by atoms with E-state index in [4.69, 9.17) is 14.2 Å². The molecular weight excluding hydrogens is 389 g/mol. The van der Waals surface area contributed by atoms with Crippen LogP contribution in [0.2, 0.25) is 0 Å². The number of hydrogen-bond acceptors (Lipinski definition) is 5. The van der Waals surface area contributed by atoms with E-state index in [-0.39, 0.29) is 23.3 Å². The molecule has 6 nitrogen and oxygen atoms in total. The Labute approximate surface area is 173 Å². The van der Waals surface area contributed by atoms with Crippen LogP contribution in [0.5, 0.6) is 5.75 Å². The summed E-state index contributed by atoms with van der Waals surface area (Å²) in [5.41, 5.74) is 1.96. The van der Waals surface area contributed by atoms with Crippen LogP contribution < -0.4 is 10.1 Å². The summed E-state index contributed by atoms with van der Waals surface area (Å²) in [6.45, 7) is 0.604. The minimum Gasteiger partial charge on any atom is -0.485 e. The molecule has 156 valence electrons. The van der Waals surface area contributed by atoms with Gasteiger partial charge in [0.2, 0.25) is 0 Å². The van der Waals surface area contributed by atoms with Crippen LogP contribution in [0, 0.1) is 11.8 Å². The Morgan fingerprint density at radius 1 is 1.17 bits per heavy atom. The number of nitrogens with one attached hydrogen (secondary N) is 1. The first-order valence-corrected chi connectivity index (χ1v) is 10.0. The Balaban J connectivity index is 1.54. The average Bonchev–Trinajstić information content (AvgIpc) is 3.14. The maximum absolute atomic E-state index is 13.9. The van der Waals surface area contributed by atoms with Gasteiger partial charge in [-0.2, -0.15) is 0 Å². The minimum absolute atomic E-state index is 0.0980. The van der Waals surface area contributed by atoms with E-state index in [1.165, 1.54) is 13.2 Å². The van der Waals surface area contributed by atoms with E-state index in [0.717, 1.165) is 5.56 Å². The predicted molar refractivity (Wildman–Crippen MR) is 106 cm³/mol. The first-order chi connectivity index (χ1) is 14.6. The Bertz CT molecular complexity index is 985. The quantitative estimate of drug-likeness (QED) is 0.766. The average molecular weight is 411 g/mol. The van der Waals surface area contributed by atoms with Gasteiger partial charge in [0, 0.05) is 29.0 Å². The second-order valence-corrected chi connectivity index (χ2v) is 8.00. The molecule has 2 aliphatic heterocycles. The van der Waals surface area contributed by atoms with Gasteiger partial charge < -0.3 is 19.5 Å². The van der Waals surface area contributed by atoms with Crippen LogP contribution in [0.4, 0.5) is 4.39 Å². The number of carbonyl (C=O) groups is 2. The van der Waals surface area contributed by atoms with Crippen molar-refractivity contribution in [2.45, 2.75) is 18.1 Å². The zero-order valence-corrected chi connectivity index (χ0v) is 16.5. The fourth-order valence-electron chi connectivity index (χ4n) is 4.69. The zero-order valence-electron chi connectivity index (χ0n) is 16.5. The summed E-state index contributed by atoms with van der Waals surface area (Å²) in [5, 5.41) is 3.04. The van der Waals surface area contributed by atoms with E-state index in [2.05, 4.69) is 5.32 Å². The lowest BCUT2D eigenvalue weighted by molar-refractivity contribution is 0.0593. The van der Waals surface area contributed by atoms with Crippen molar-refractivity contribution in [1.29, 1.82) is 0 Å². The predicted octanol–water partition coefficient (Wildman–Crippen LogP) is 2.71. The zero-order chi connectivity index (χ0) is 20.8. The van der Waals surface area contributed by atoms with E-state index in [1.807, 2.05) is 30.3 Å². The van der Waals surface area contributed by atoms with Crippen molar-refractivity contribution < 1.29 is 28.2 Å². The molecule has 7 heteroatoms. The third kappa shape index (κ3) is 3.04. The van der Waals surface area contributed by atoms with Gasteiger partial charge in [0.25, 0.3) is 5.91 Å². The number of fused-ring (bicyclic) bond motifs is 2. The van der Waals surface area contributed by atoms with Gasteiger partial charge in [-0.25, -0.2) is 9.18 Å². The topological polar surface area (TPSA) is 73.9 Å². The van der Waals surface area contributed by atoms with Crippen LogP contribution in [0.1, 0.15) is 37.8 Å². The summed E-state index contributed by atoms with van der Waals surface area (Å²) >= 11 is 0. The second kappa shape index (κ2) is 7.40. The molecule has 3 aliphatic rings. The summed E-state index contributed by atoms with van der Waals surface area (Å²) in [5.74, 6) is -0.302. The molecule has 2 fully saturated rings. The van der Waals surface area contributed by atoms with Crippen molar-refractivity contribution in [3.8, 4) is 5.75 Å². The molecule has 1 saturated heterocycles. The molecular formula is C23H22FNO5. The highest BCUT2D eigenvalue weighted by Gasteiger charge is 2.54. The lowest BCUT2D eigenvalue weighted by atomic mass is 9.86. The van der Waals surface area contributed by atoms with Gasteiger partial charge in [-0.3, -0.25) is 4.79 Å². The van der Waals surface area contributed by atoms with Crippen molar-refractivity contribution in [2.24, 2.45) is 11.8 Å². The standard InChI is InChI=1S/C23H22FNO5/c1-28-23(27)15-8-13(22(26)25-20-16-10-29-11-17(16)20)7-14-19(12-5-3-2-4-6-12)18(9-24)30-21(14)15/h2-8,16-20H,9-11H2,1H3,(H,25,26)/t16-,17+,18?,19?,20-. The number of esters is 1. The van der Waals surface area contributed by atoms with Crippen molar-refractivity contribution in [1.82, 2.24) is 5.32 Å². The highest BCUT2D eigenvalue weighted by molar-refractivity contribution is 6.00. The summed E-state index contributed by atoms with van der Waals surface area (Å²) < 4.78 is 30.0. The van der Waals surface area contributed by atoms with Gasteiger partial charge in [-0.05, 0) is 17.7 Å². The Morgan fingerprint density at radius 3 is 2.57 bits per heavy atom. The number of amides is 1. The normalized spacial score (nSPS) is 28.3. The van der Waals surface area contributed by atoms with Gasteiger partial charge in [-0.1, -0.05) is 30.3 Å². The smallest absolute Gasteiger partial charge is 0.341 e. The molecule has 1 saturated carbocycles. The number of halogens is 1. The molecule has 1 amide bonds. The maximum atomic E-state index is 13.9. The second-order valence-electron chi connectivity index (χ2n) is 8.00. The van der Waals surface area contributed by atoms with E-state index < -0.39 is 24.7 Å². The van der Waals surface area contributed by atoms with Gasteiger partial charge in [-0.15, -0.1) is 0 Å². The van der Waals surface area contributed by atoms with Crippen LogP contribution in [-0.2, 0) is 9.47 Å². The van der Waals surface area contributed by atoms with Crippen molar-refractivity contribution in [2.75, 3.05) is 27.0 Å². The van der Waals surface area contributed by atoms with E-state index in [9.17, 15) is 14.0 Å². The highest BCUT2D eigenvalue weighted by atomic mass is 19.1. The number of hydrogen-bond donors (Lipinski definition) is 1. The van der Waals surface area contributed by atoms with Crippen molar-refractivity contribution >= 4 is 11.9 Å². The van der Waals surface area contributed by atoms with Crippen molar-refractivity contribution in [3.05, 3.63) is 64.7 Å². The van der Waals surface area contributed by atoms with E-state index in [0.29, 0.717) is 36.2 Å². The lowest BCUT2D eigenvalue weighted by Crippen LogP contribution is -2.30. The first kappa shape index (κ1) is 19.1. The third-order valence-electron chi connectivity index (χ3n) is 6.32. The highest BCUT2D eigenvalue weighted by Crippen LogP contribution is 2.46. The third-order valence-corrected chi connectivity index (χ3v) is 6.32. The van der Waals surface area contributed by atoms with E-state index in [1.54, 1.807) is 6.07 Å². The fourth-order valence-corrected chi connectivity index (χ4v) is 4.69. The molecule has 0 spiro atoms. The Hall–Kier alpha value is -2.93. The van der Waals surface area contributed by atoms with Crippen molar-refractivity contribution in [3.63, 3.8) is 0 Å². The van der Waals surface area contributed by atoms with Gasteiger partial charge >= 0.3 is 5.97 Å². The Kier molecular flexibility index (Phi) is 4.70. The van der Waals surface area contributed by atoms with Crippen LogP contribution >= 0.6 is 0 Å².